The van der Waals surface area contributed by atoms with Crippen LogP contribution in [0.3, 0.4) is 0 Å². The summed E-state index contributed by atoms with van der Waals surface area (Å²) >= 11 is 1.63. The third kappa shape index (κ3) is 2.93. The highest BCUT2D eigenvalue weighted by molar-refractivity contribution is 7.10. The summed E-state index contributed by atoms with van der Waals surface area (Å²) in [4.78, 5) is 7.69. The van der Waals surface area contributed by atoms with Crippen molar-refractivity contribution in [2.45, 2.75) is 13.1 Å². The lowest BCUT2D eigenvalue weighted by molar-refractivity contribution is 0.310. The summed E-state index contributed by atoms with van der Waals surface area (Å²) in [5, 5.41) is 10.7. The molecule has 0 N–H and O–H groups in total. The van der Waals surface area contributed by atoms with E-state index in [2.05, 4.69) is 23.0 Å². The smallest absolute Gasteiger partial charge is 0.122 e. The Hall–Kier alpha value is -1.64. The van der Waals surface area contributed by atoms with Crippen LogP contribution in [0.25, 0.3) is 0 Å². The Morgan fingerprint density at radius 2 is 2.35 bits per heavy atom. The Kier molecular flexibility index (Phi) is 3.57. The summed E-state index contributed by atoms with van der Waals surface area (Å²) < 4.78 is 2.02. The van der Waals surface area contributed by atoms with Crippen LogP contribution in [0.4, 0.5) is 0 Å². The van der Waals surface area contributed by atoms with E-state index in [0.717, 1.165) is 24.5 Å². The van der Waals surface area contributed by atoms with Gasteiger partial charge in [-0.25, -0.2) is 4.98 Å². The predicted octanol–water partition coefficient (Wildman–Crippen LogP) is 1.99. The second-order valence-corrected chi connectivity index (χ2v) is 5.04. The number of nitrogens with zero attached hydrogens (tertiary/aromatic N) is 4. The molecule has 17 heavy (non-hydrogen) atoms. The molecule has 2 rings (SSSR count). The van der Waals surface area contributed by atoms with Crippen molar-refractivity contribution in [1.29, 1.82) is 5.26 Å². The third-order valence-corrected chi connectivity index (χ3v) is 3.46. The average Bonchev–Trinajstić information content (AvgIpc) is 2.89. The van der Waals surface area contributed by atoms with Gasteiger partial charge in [0.15, 0.2) is 0 Å². The molecule has 0 aliphatic heterocycles. The topological polar surface area (TPSA) is 44.9 Å². The minimum Gasteiger partial charge on any atom is -0.337 e. The molecule has 0 unspecified atom stereocenters. The van der Waals surface area contributed by atoms with Gasteiger partial charge in [0, 0.05) is 36.2 Å². The molecule has 2 aromatic rings. The molecule has 0 spiro atoms. The van der Waals surface area contributed by atoms with E-state index in [1.807, 2.05) is 35.5 Å². The Morgan fingerprint density at radius 1 is 1.53 bits per heavy atom. The monoisotopic (exact) mass is 246 g/mol. The number of thiophene rings is 1. The van der Waals surface area contributed by atoms with Crippen LogP contribution in [0.5, 0.6) is 0 Å². The van der Waals surface area contributed by atoms with Crippen LogP contribution >= 0.6 is 11.3 Å². The fourth-order valence-corrected chi connectivity index (χ4v) is 2.52. The van der Waals surface area contributed by atoms with Crippen molar-refractivity contribution < 1.29 is 0 Å². The number of hydrogen-bond donors (Lipinski definition) is 0. The largest absolute Gasteiger partial charge is 0.337 e. The number of hydrogen-bond acceptors (Lipinski definition) is 4. The van der Waals surface area contributed by atoms with Gasteiger partial charge in [0.25, 0.3) is 0 Å². The van der Waals surface area contributed by atoms with Gasteiger partial charge >= 0.3 is 0 Å². The zero-order chi connectivity index (χ0) is 12.3. The van der Waals surface area contributed by atoms with E-state index in [0.29, 0.717) is 0 Å². The number of aromatic nitrogens is 2. The van der Waals surface area contributed by atoms with Gasteiger partial charge < -0.3 is 4.57 Å². The lowest BCUT2D eigenvalue weighted by Crippen LogP contribution is -2.18. The highest BCUT2D eigenvalue weighted by Gasteiger charge is 2.07. The fraction of sp³-hybridized carbons (Fsp3) is 0.333. The van der Waals surface area contributed by atoms with Crippen molar-refractivity contribution in [2.75, 3.05) is 7.05 Å². The zero-order valence-electron chi connectivity index (χ0n) is 9.92. The Balaban J connectivity index is 1.96. The number of rotatable bonds is 4. The molecule has 0 bridgehead atoms. The third-order valence-electron chi connectivity index (χ3n) is 2.54. The van der Waals surface area contributed by atoms with Crippen molar-refractivity contribution in [3.8, 4) is 6.07 Å². The van der Waals surface area contributed by atoms with Crippen LogP contribution in [0, 0.1) is 11.3 Å². The summed E-state index contributed by atoms with van der Waals surface area (Å²) in [6.45, 7) is 1.66. The second-order valence-electron chi connectivity index (χ2n) is 4.04. The maximum atomic E-state index is 8.76. The molecule has 0 aromatic carbocycles. The van der Waals surface area contributed by atoms with E-state index < -0.39 is 0 Å². The van der Waals surface area contributed by atoms with Crippen LogP contribution < -0.4 is 0 Å². The predicted molar refractivity (Wildman–Crippen MR) is 67.4 cm³/mol. The van der Waals surface area contributed by atoms with Gasteiger partial charge in [0.1, 0.15) is 11.9 Å². The standard InChI is InChI=1S/C12H14N4S/c1-15(8-12-14-3-4-16(12)2)7-11-5-10(6-13)9-17-11/h3-5,9H,7-8H2,1-2H3. The average molecular weight is 246 g/mol. The fourth-order valence-electron chi connectivity index (χ4n) is 1.63. The van der Waals surface area contributed by atoms with Crippen LogP contribution in [0.15, 0.2) is 23.8 Å². The normalized spacial score (nSPS) is 10.7. The first kappa shape index (κ1) is 11.8. The van der Waals surface area contributed by atoms with Gasteiger partial charge in [-0.3, -0.25) is 4.90 Å². The summed E-state index contributed by atoms with van der Waals surface area (Å²) in [5.74, 6) is 1.05. The van der Waals surface area contributed by atoms with Crippen LogP contribution in [-0.4, -0.2) is 21.5 Å². The summed E-state index contributed by atoms with van der Waals surface area (Å²) in [6.07, 6.45) is 3.75. The molecule has 0 aliphatic carbocycles. The van der Waals surface area contributed by atoms with Gasteiger partial charge in [-0.15, -0.1) is 11.3 Å². The van der Waals surface area contributed by atoms with Gasteiger partial charge in [-0.1, -0.05) is 0 Å². The van der Waals surface area contributed by atoms with Crippen molar-refractivity contribution >= 4 is 11.3 Å². The van der Waals surface area contributed by atoms with E-state index in [1.165, 1.54) is 4.88 Å². The molecular weight excluding hydrogens is 232 g/mol. The van der Waals surface area contributed by atoms with E-state index in [-0.39, 0.29) is 0 Å². The minimum atomic E-state index is 0.746. The van der Waals surface area contributed by atoms with Crippen LogP contribution in [0.2, 0.25) is 0 Å². The molecule has 2 heterocycles. The SMILES string of the molecule is CN(Cc1cc(C#N)cs1)Cc1nccn1C. The minimum absolute atomic E-state index is 0.746. The second kappa shape index (κ2) is 5.13. The molecule has 0 amide bonds. The Labute approximate surface area is 105 Å². The van der Waals surface area contributed by atoms with Crippen molar-refractivity contribution in [1.82, 2.24) is 14.5 Å². The lowest BCUT2D eigenvalue weighted by atomic mass is 10.3. The number of imidazole rings is 1. The first-order valence-corrected chi connectivity index (χ1v) is 6.19. The van der Waals surface area contributed by atoms with Gasteiger partial charge in [-0.2, -0.15) is 5.26 Å². The van der Waals surface area contributed by atoms with Crippen molar-refractivity contribution in [3.63, 3.8) is 0 Å². The first-order valence-electron chi connectivity index (χ1n) is 5.31. The summed E-state index contributed by atoms with van der Waals surface area (Å²) in [5.41, 5.74) is 0.746. The van der Waals surface area contributed by atoms with Crippen molar-refractivity contribution in [2.24, 2.45) is 7.05 Å². The molecular formula is C12H14N4S. The van der Waals surface area contributed by atoms with Crippen LogP contribution in [-0.2, 0) is 20.1 Å². The molecule has 0 atom stereocenters. The van der Waals surface area contributed by atoms with E-state index in [9.17, 15) is 0 Å². The molecule has 2 aromatic heterocycles. The van der Waals surface area contributed by atoms with Crippen LogP contribution in [0.1, 0.15) is 16.3 Å². The summed E-state index contributed by atoms with van der Waals surface area (Å²) in [6, 6.07) is 4.09. The molecule has 0 saturated heterocycles. The molecule has 0 aliphatic rings. The highest BCUT2D eigenvalue weighted by Crippen LogP contribution is 2.16. The molecule has 5 heteroatoms. The molecule has 0 fully saturated rings. The van der Waals surface area contributed by atoms with E-state index >= 15 is 0 Å². The Bertz CT molecular complexity index is 535. The highest BCUT2D eigenvalue weighted by atomic mass is 32.1. The molecule has 88 valence electrons. The molecule has 4 nitrogen and oxygen atoms in total. The van der Waals surface area contributed by atoms with Gasteiger partial charge in [0.2, 0.25) is 0 Å². The maximum absolute atomic E-state index is 8.76. The van der Waals surface area contributed by atoms with Crippen molar-refractivity contribution in [3.05, 3.63) is 40.1 Å². The summed E-state index contributed by atoms with van der Waals surface area (Å²) in [7, 11) is 4.05. The number of aryl methyl sites for hydroxylation is 1. The van der Waals surface area contributed by atoms with E-state index in [4.69, 9.17) is 5.26 Å². The molecule has 0 radical (unpaired) electrons. The van der Waals surface area contributed by atoms with Gasteiger partial charge in [-0.05, 0) is 13.1 Å². The molecule has 0 saturated carbocycles. The number of nitriles is 1. The maximum Gasteiger partial charge on any atom is 0.122 e. The van der Waals surface area contributed by atoms with Gasteiger partial charge in [0.05, 0.1) is 12.1 Å². The lowest BCUT2D eigenvalue weighted by Gasteiger charge is -2.14. The quantitative estimate of drug-likeness (QED) is 0.828. The Morgan fingerprint density at radius 3 is 2.94 bits per heavy atom. The first-order chi connectivity index (χ1) is 8.19. The van der Waals surface area contributed by atoms with E-state index in [1.54, 1.807) is 11.3 Å². The zero-order valence-corrected chi connectivity index (χ0v) is 10.7.